The van der Waals surface area contributed by atoms with Gasteiger partial charge in [-0.15, -0.1) is 0 Å². The number of hydrogen-bond acceptors (Lipinski definition) is 6. The van der Waals surface area contributed by atoms with Gasteiger partial charge >= 0.3 is 0 Å². The van der Waals surface area contributed by atoms with E-state index in [-0.39, 0.29) is 22.0 Å². The second-order valence-corrected chi connectivity index (χ2v) is 10.0. The molecule has 2 heterocycles. The highest BCUT2D eigenvalue weighted by molar-refractivity contribution is 7.90. The van der Waals surface area contributed by atoms with Crippen molar-refractivity contribution in [2.75, 3.05) is 32.1 Å². The number of fused-ring (bicyclic) bond motifs is 2. The summed E-state index contributed by atoms with van der Waals surface area (Å²) in [4.78, 5) is 1.64. The number of anilines is 1. The Labute approximate surface area is 142 Å². The van der Waals surface area contributed by atoms with E-state index in [9.17, 15) is 16.8 Å². The third kappa shape index (κ3) is 3.16. The van der Waals surface area contributed by atoms with Gasteiger partial charge in [-0.1, -0.05) is 0 Å². The summed E-state index contributed by atoms with van der Waals surface area (Å²) in [5.41, 5.74) is 0.426. The third-order valence-corrected chi connectivity index (χ3v) is 7.15. The maximum Gasteiger partial charge on any atom is 0.242 e. The molecule has 8 nitrogen and oxygen atoms in total. The first kappa shape index (κ1) is 17.6. The fourth-order valence-corrected chi connectivity index (χ4v) is 4.95. The van der Waals surface area contributed by atoms with Crippen molar-refractivity contribution in [2.45, 2.75) is 34.8 Å². The van der Waals surface area contributed by atoms with Gasteiger partial charge in [-0.05, 0) is 31.0 Å². The van der Waals surface area contributed by atoms with Crippen LogP contribution in [0.5, 0.6) is 0 Å². The van der Waals surface area contributed by atoms with Crippen molar-refractivity contribution in [3.05, 3.63) is 18.2 Å². The van der Waals surface area contributed by atoms with Crippen LogP contribution in [0.2, 0.25) is 0 Å². The molecule has 2 fully saturated rings. The Morgan fingerprint density at radius 1 is 1.12 bits per heavy atom. The number of primary sulfonamides is 1. The molecule has 0 aliphatic carbocycles. The van der Waals surface area contributed by atoms with E-state index in [2.05, 4.69) is 0 Å². The van der Waals surface area contributed by atoms with Gasteiger partial charge in [0.05, 0.1) is 22.8 Å². The summed E-state index contributed by atoms with van der Waals surface area (Å²) in [6.45, 7) is 1.14. The summed E-state index contributed by atoms with van der Waals surface area (Å²) in [5.74, 6) is 0. The number of ether oxygens (including phenoxy) is 1. The van der Waals surface area contributed by atoms with Crippen LogP contribution in [0.3, 0.4) is 0 Å². The van der Waals surface area contributed by atoms with Gasteiger partial charge in [0.2, 0.25) is 20.0 Å². The van der Waals surface area contributed by atoms with Crippen molar-refractivity contribution in [1.82, 2.24) is 4.31 Å². The highest BCUT2D eigenvalue weighted by Gasteiger charge is 2.35. The molecule has 1 aromatic rings. The van der Waals surface area contributed by atoms with Crippen LogP contribution in [-0.2, 0) is 24.8 Å². The first-order valence-electron chi connectivity index (χ1n) is 7.59. The zero-order chi connectivity index (χ0) is 17.7. The van der Waals surface area contributed by atoms with E-state index >= 15 is 0 Å². The largest absolute Gasteiger partial charge is 0.371 e. The molecule has 2 atom stereocenters. The molecule has 1 aromatic carbocycles. The Hall–Kier alpha value is -1.20. The second-order valence-electron chi connectivity index (χ2n) is 6.32. The van der Waals surface area contributed by atoms with E-state index in [1.54, 1.807) is 0 Å². The number of morpholine rings is 1. The molecule has 134 valence electrons. The van der Waals surface area contributed by atoms with Crippen LogP contribution >= 0.6 is 0 Å². The quantitative estimate of drug-likeness (QED) is 0.790. The minimum Gasteiger partial charge on any atom is -0.371 e. The van der Waals surface area contributed by atoms with Gasteiger partial charge in [-0.2, -0.15) is 0 Å². The topological polar surface area (TPSA) is 110 Å². The lowest BCUT2D eigenvalue weighted by molar-refractivity contribution is 0.0303. The molecule has 2 aliphatic rings. The average molecular weight is 375 g/mol. The molecule has 2 aliphatic heterocycles. The zero-order valence-electron chi connectivity index (χ0n) is 13.5. The van der Waals surface area contributed by atoms with E-state index in [0.29, 0.717) is 18.8 Å². The van der Waals surface area contributed by atoms with Crippen LogP contribution in [0.4, 0.5) is 5.69 Å². The van der Waals surface area contributed by atoms with E-state index < -0.39 is 20.0 Å². The van der Waals surface area contributed by atoms with Crippen molar-refractivity contribution in [3.63, 3.8) is 0 Å². The summed E-state index contributed by atoms with van der Waals surface area (Å²) >= 11 is 0. The molecule has 0 aromatic heterocycles. The second kappa shape index (κ2) is 5.95. The molecule has 24 heavy (non-hydrogen) atoms. The van der Waals surface area contributed by atoms with Crippen LogP contribution < -0.4 is 10.0 Å². The van der Waals surface area contributed by atoms with E-state index in [1.807, 2.05) is 4.90 Å². The van der Waals surface area contributed by atoms with E-state index in [0.717, 1.165) is 23.2 Å². The van der Waals surface area contributed by atoms with Gasteiger partial charge < -0.3 is 9.64 Å². The number of hydrogen-bond donors (Lipinski definition) is 1. The molecular weight excluding hydrogens is 354 g/mol. The Balaban J connectivity index is 2.07. The van der Waals surface area contributed by atoms with Gasteiger partial charge in [0.1, 0.15) is 4.90 Å². The summed E-state index contributed by atoms with van der Waals surface area (Å²) in [7, 11) is -5.04. The Kier molecular flexibility index (Phi) is 4.37. The number of rotatable bonds is 4. The van der Waals surface area contributed by atoms with Crippen molar-refractivity contribution in [1.29, 1.82) is 0 Å². The first-order chi connectivity index (χ1) is 11.1. The summed E-state index contributed by atoms with van der Waals surface area (Å²) in [6.07, 6.45) is 2.03. The lowest BCUT2D eigenvalue weighted by atomic mass is 10.2. The number of nitrogens with zero attached hydrogens (tertiary/aromatic N) is 2. The predicted molar refractivity (Wildman–Crippen MR) is 88.8 cm³/mol. The minimum atomic E-state index is -4.07. The van der Waals surface area contributed by atoms with Crippen LogP contribution in [0.25, 0.3) is 0 Å². The Morgan fingerprint density at radius 2 is 1.71 bits per heavy atom. The van der Waals surface area contributed by atoms with Crippen molar-refractivity contribution >= 4 is 25.7 Å². The lowest BCUT2D eigenvalue weighted by Crippen LogP contribution is -2.43. The maximum atomic E-state index is 12.3. The van der Waals surface area contributed by atoms with Crippen LogP contribution in [0.1, 0.15) is 12.8 Å². The Morgan fingerprint density at radius 3 is 2.21 bits per heavy atom. The standard InChI is InChI=1S/C14H21N3O5S2/c1-16(2)24(20,21)12-5-6-13(14(7-12)23(15,18)19)17-8-10-3-4-11(9-17)22-10/h5-7,10-11H,3-4,8-9H2,1-2H3,(H2,15,18,19). The molecule has 2 N–H and O–H groups in total. The molecule has 2 saturated heterocycles. The molecule has 2 unspecified atom stereocenters. The average Bonchev–Trinajstić information content (AvgIpc) is 2.84. The molecule has 2 bridgehead atoms. The zero-order valence-corrected chi connectivity index (χ0v) is 15.2. The maximum absolute atomic E-state index is 12.3. The summed E-state index contributed by atoms with van der Waals surface area (Å²) in [5, 5.41) is 5.34. The molecule has 0 amide bonds. The van der Waals surface area contributed by atoms with Gasteiger partial charge in [-0.25, -0.2) is 26.3 Å². The highest BCUT2D eigenvalue weighted by Crippen LogP contribution is 2.34. The normalized spacial score (nSPS) is 24.6. The smallest absolute Gasteiger partial charge is 0.242 e. The van der Waals surface area contributed by atoms with Crippen LogP contribution in [-0.4, -0.2) is 60.5 Å². The number of benzene rings is 1. The number of sulfonamides is 2. The predicted octanol–water partition coefficient (Wildman–Crippen LogP) is -0.0481. The van der Waals surface area contributed by atoms with Crippen molar-refractivity contribution in [2.24, 2.45) is 5.14 Å². The van der Waals surface area contributed by atoms with Crippen molar-refractivity contribution in [3.8, 4) is 0 Å². The molecule has 0 spiro atoms. The van der Waals surface area contributed by atoms with Crippen LogP contribution in [0.15, 0.2) is 28.0 Å². The van der Waals surface area contributed by atoms with Crippen LogP contribution in [0, 0.1) is 0 Å². The molecular formula is C14H21N3O5S2. The Bertz CT molecular complexity index is 839. The molecule has 3 rings (SSSR count). The summed E-state index contributed by atoms with van der Waals surface area (Å²) in [6, 6.07) is 4.06. The fraction of sp³-hybridized carbons (Fsp3) is 0.571. The first-order valence-corrected chi connectivity index (χ1v) is 10.6. The molecule has 10 heteroatoms. The van der Waals surface area contributed by atoms with Gasteiger partial charge in [0.25, 0.3) is 0 Å². The van der Waals surface area contributed by atoms with Crippen molar-refractivity contribution < 1.29 is 21.6 Å². The summed E-state index contributed by atoms with van der Waals surface area (Å²) < 4.78 is 55.4. The molecule has 0 saturated carbocycles. The van der Waals surface area contributed by atoms with E-state index in [4.69, 9.17) is 9.88 Å². The van der Waals surface area contributed by atoms with Gasteiger partial charge in [0.15, 0.2) is 0 Å². The number of nitrogens with two attached hydrogens (primary N) is 1. The van der Waals surface area contributed by atoms with E-state index in [1.165, 1.54) is 26.2 Å². The SMILES string of the molecule is CN(C)S(=O)(=O)c1ccc(N2CC3CCC(C2)O3)c(S(N)(=O)=O)c1. The van der Waals surface area contributed by atoms with Gasteiger partial charge in [-0.3, -0.25) is 0 Å². The monoisotopic (exact) mass is 375 g/mol. The highest BCUT2D eigenvalue weighted by atomic mass is 32.2. The lowest BCUT2D eigenvalue weighted by Gasteiger charge is -2.34. The third-order valence-electron chi connectivity index (χ3n) is 4.40. The van der Waals surface area contributed by atoms with Gasteiger partial charge in [0, 0.05) is 27.2 Å². The minimum absolute atomic E-state index is 0.0715. The molecule has 0 radical (unpaired) electrons. The fourth-order valence-electron chi connectivity index (χ4n) is 3.17.